The van der Waals surface area contributed by atoms with E-state index in [4.69, 9.17) is 0 Å². The largest absolute Gasteiger partial charge is 0.422 e. The minimum Gasteiger partial charge on any atom is -0.206 e. The van der Waals surface area contributed by atoms with Crippen LogP contribution in [0.3, 0.4) is 0 Å². The third-order valence-corrected chi connectivity index (χ3v) is 5.80. The molecule has 3 aromatic rings. The Labute approximate surface area is 176 Å². The lowest BCUT2D eigenvalue weighted by atomic mass is 9.82. The molecule has 0 fully saturated rings. The van der Waals surface area contributed by atoms with Gasteiger partial charge in [0, 0.05) is 5.56 Å². The Bertz CT molecular complexity index is 1120. The van der Waals surface area contributed by atoms with E-state index in [2.05, 4.69) is 13.0 Å². The number of unbranched alkanes of at least 4 members (excludes halogenated alkanes) is 1. The van der Waals surface area contributed by atoms with Crippen molar-refractivity contribution < 1.29 is 26.3 Å². The van der Waals surface area contributed by atoms with E-state index in [1.54, 1.807) is 6.07 Å². The van der Waals surface area contributed by atoms with Gasteiger partial charge in [-0.1, -0.05) is 43.7 Å². The molecule has 0 aromatic heterocycles. The summed E-state index contributed by atoms with van der Waals surface area (Å²) >= 11 is 0. The van der Waals surface area contributed by atoms with Gasteiger partial charge in [0.05, 0.1) is 0 Å². The maximum Gasteiger partial charge on any atom is 0.422 e. The maximum absolute atomic E-state index is 15.3. The number of benzene rings is 3. The predicted octanol–water partition coefficient (Wildman–Crippen LogP) is 7.90. The van der Waals surface area contributed by atoms with Crippen LogP contribution in [0.4, 0.5) is 26.3 Å². The Balaban J connectivity index is 1.76. The highest BCUT2D eigenvalue weighted by Crippen LogP contribution is 2.40. The molecule has 0 amide bonds. The van der Waals surface area contributed by atoms with Crippen LogP contribution in [0.15, 0.2) is 42.5 Å². The van der Waals surface area contributed by atoms with Crippen LogP contribution in [-0.4, -0.2) is 0 Å². The van der Waals surface area contributed by atoms with Crippen molar-refractivity contribution in [1.82, 2.24) is 0 Å². The van der Waals surface area contributed by atoms with Gasteiger partial charge in [0.1, 0.15) is 23.0 Å². The smallest absolute Gasteiger partial charge is 0.206 e. The molecule has 3 aromatic carbocycles. The summed E-state index contributed by atoms with van der Waals surface area (Å²) in [5.74, 6) is -4.18. The summed E-state index contributed by atoms with van der Waals surface area (Å²) in [5, 5.41) is 0. The standard InChI is InChI=1S/C25H20F6/c1-2-3-4-14-5-7-17-15(11-14)6-8-20-19(17)10-9-18(24(20)28)16-12-21(26)23(22(27)13-16)25(29,30)31/h5,7,9-13H,2-4,6,8H2,1H3. The monoisotopic (exact) mass is 434 g/mol. The van der Waals surface area contributed by atoms with Gasteiger partial charge in [0.2, 0.25) is 0 Å². The molecule has 31 heavy (non-hydrogen) atoms. The van der Waals surface area contributed by atoms with Crippen molar-refractivity contribution in [1.29, 1.82) is 0 Å². The van der Waals surface area contributed by atoms with Crippen molar-refractivity contribution in [3.8, 4) is 22.3 Å². The quantitative estimate of drug-likeness (QED) is 0.366. The molecule has 6 heteroatoms. The van der Waals surface area contributed by atoms with Crippen molar-refractivity contribution in [2.45, 2.75) is 45.2 Å². The van der Waals surface area contributed by atoms with Gasteiger partial charge < -0.3 is 0 Å². The summed E-state index contributed by atoms with van der Waals surface area (Å²) in [6.45, 7) is 2.13. The number of hydrogen-bond donors (Lipinski definition) is 0. The first-order valence-electron chi connectivity index (χ1n) is 10.2. The van der Waals surface area contributed by atoms with E-state index >= 15 is 4.39 Å². The van der Waals surface area contributed by atoms with E-state index in [9.17, 15) is 22.0 Å². The Morgan fingerprint density at radius 3 is 2.10 bits per heavy atom. The van der Waals surface area contributed by atoms with Crippen LogP contribution in [0.5, 0.6) is 0 Å². The molecule has 0 spiro atoms. The van der Waals surface area contributed by atoms with Gasteiger partial charge in [-0.25, -0.2) is 13.2 Å². The first-order chi connectivity index (χ1) is 14.7. The molecule has 0 nitrogen and oxygen atoms in total. The van der Waals surface area contributed by atoms with Crippen LogP contribution in [-0.2, 0) is 25.4 Å². The first kappa shape index (κ1) is 21.5. The fraction of sp³-hybridized carbons (Fsp3) is 0.280. The van der Waals surface area contributed by atoms with E-state index < -0.39 is 29.2 Å². The molecule has 0 unspecified atom stereocenters. The molecule has 0 heterocycles. The van der Waals surface area contributed by atoms with Crippen LogP contribution in [0, 0.1) is 17.5 Å². The molecular formula is C25H20F6. The Hall–Kier alpha value is -2.76. The highest BCUT2D eigenvalue weighted by molar-refractivity contribution is 5.78. The van der Waals surface area contributed by atoms with Crippen molar-refractivity contribution in [2.75, 3.05) is 0 Å². The topological polar surface area (TPSA) is 0 Å². The Morgan fingerprint density at radius 1 is 0.806 bits per heavy atom. The number of alkyl halides is 3. The van der Waals surface area contributed by atoms with Crippen LogP contribution < -0.4 is 0 Å². The Morgan fingerprint density at radius 2 is 1.45 bits per heavy atom. The highest BCUT2D eigenvalue weighted by Gasteiger charge is 2.38. The summed E-state index contributed by atoms with van der Waals surface area (Å²) in [7, 11) is 0. The zero-order chi connectivity index (χ0) is 22.3. The molecule has 1 aliphatic carbocycles. The van der Waals surface area contributed by atoms with Crippen molar-refractivity contribution in [3.05, 3.63) is 82.2 Å². The average molecular weight is 434 g/mol. The molecule has 0 aliphatic heterocycles. The fourth-order valence-electron chi connectivity index (χ4n) is 4.25. The highest BCUT2D eigenvalue weighted by atomic mass is 19.4. The zero-order valence-corrected chi connectivity index (χ0v) is 16.8. The van der Waals surface area contributed by atoms with E-state index in [0.29, 0.717) is 36.1 Å². The molecular weight excluding hydrogens is 414 g/mol. The summed E-state index contributed by atoms with van der Waals surface area (Å²) in [6, 6.07) is 10.2. The normalized spacial score (nSPS) is 13.1. The minimum atomic E-state index is -5.17. The van der Waals surface area contributed by atoms with Crippen LogP contribution >= 0.6 is 0 Å². The predicted molar refractivity (Wildman–Crippen MR) is 108 cm³/mol. The van der Waals surface area contributed by atoms with Gasteiger partial charge in [-0.05, 0) is 71.2 Å². The molecule has 0 bridgehead atoms. The molecule has 1 aliphatic rings. The van der Waals surface area contributed by atoms with E-state index in [1.165, 1.54) is 11.6 Å². The lowest BCUT2D eigenvalue weighted by molar-refractivity contribution is -0.142. The molecule has 4 rings (SSSR count). The lowest BCUT2D eigenvalue weighted by Crippen LogP contribution is -2.12. The molecule has 0 saturated carbocycles. The van der Waals surface area contributed by atoms with E-state index in [1.807, 2.05) is 12.1 Å². The average Bonchev–Trinajstić information content (AvgIpc) is 2.70. The second kappa shape index (κ2) is 8.06. The fourth-order valence-corrected chi connectivity index (χ4v) is 4.25. The molecule has 0 N–H and O–H groups in total. The SMILES string of the molecule is CCCCc1ccc2c(c1)CCc1c-2ccc(-c2cc(F)c(C(F)(F)F)c(F)c2)c1F. The zero-order valence-electron chi connectivity index (χ0n) is 16.8. The third kappa shape index (κ3) is 3.95. The van der Waals surface area contributed by atoms with Crippen LogP contribution in [0.25, 0.3) is 22.3 Å². The van der Waals surface area contributed by atoms with E-state index in [0.717, 1.165) is 30.4 Å². The van der Waals surface area contributed by atoms with Crippen LogP contribution in [0.2, 0.25) is 0 Å². The van der Waals surface area contributed by atoms with Gasteiger partial charge in [-0.15, -0.1) is 0 Å². The summed E-state index contributed by atoms with van der Waals surface area (Å²) in [6.07, 6.45) is -0.967. The van der Waals surface area contributed by atoms with Crippen molar-refractivity contribution in [3.63, 3.8) is 0 Å². The van der Waals surface area contributed by atoms with E-state index in [-0.39, 0.29) is 11.1 Å². The second-order valence-electron chi connectivity index (χ2n) is 7.86. The number of aryl methyl sites for hydroxylation is 2. The summed E-state index contributed by atoms with van der Waals surface area (Å²) in [5.41, 5.74) is 2.04. The number of fused-ring (bicyclic) bond motifs is 3. The summed E-state index contributed by atoms with van der Waals surface area (Å²) in [4.78, 5) is 0. The van der Waals surface area contributed by atoms with Crippen LogP contribution in [0.1, 0.15) is 42.0 Å². The lowest BCUT2D eigenvalue weighted by Gasteiger charge is -2.23. The first-order valence-corrected chi connectivity index (χ1v) is 10.2. The molecule has 0 saturated heterocycles. The number of halogens is 6. The van der Waals surface area contributed by atoms with Gasteiger partial charge in [-0.2, -0.15) is 13.2 Å². The van der Waals surface area contributed by atoms with Gasteiger partial charge in [-0.3, -0.25) is 0 Å². The van der Waals surface area contributed by atoms with Gasteiger partial charge >= 0.3 is 6.18 Å². The van der Waals surface area contributed by atoms with Gasteiger partial charge in [0.15, 0.2) is 0 Å². The van der Waals surface area contributed by atoms with Crippen molar-refractivity contribution in [2.24, 2.45) is 0 Å². The molecule has 162 valence electrons. The number of hydrogen-bond acceptors (Lipinski definition) is 0. The van der Waals surface area contributed by atoms with Gasteiger partial charge in [0.25, 0.3) is 0 Å². The minimum absolute atomic E-state index is 0.117. The Kier molecular flexibility index (Phi) is 5.58. The molecule has 0 atom stereocenters. The maximum atomic E-state index is 15.3. The second-order valence-corrected chi connectivity index (χ2v) is 7.86. The number of rotatable bonds is 4. The third-order valence-electron chi connectivity index (χ3n) is 5.80. The van der Waals surface area contributed by atoms with Crippen molar-refractivity contribution >= 4 is 0 Å². The summed E-state index contributed by atoms with van der Waals surface area (Å²) < 4.78 is 81.8. The molecule has 0 radical (unpaired) electrons.